The maximum Gasteiger partial charge on any atom is 0.573 e. The van der Waals surface area contributed by atoms with Crippen molar-refractivity contribution in [3.63, 3.8) is 0 Å². The van der Waals surface area contributed by atoms with Crippen LogP contribution in [-0.2, 0) is 0 Å². The Morgan fingerprint density at radius 3 is 2.38 bits per heavy atom. The van der Waals surface area contributed by atoms with Gasteiger partial charge in [0, 0.05) is 18.2 Å². The molecule has 0 saturated heterocycles. The van der Waals surface area contributed by atoms with Crippen molar-refractivity contribution in [2.24, 2.45) is 11.7 Å². The summed E-state index contributed by atoms with van der Waals surface area (Å²) in [7, 11) is 0. The number of carbonyl (C=O) groups excluding carboxylic acids is 1. The number of alkyl halides is 3. The Balaban J connectivity index is 0.00000220. The highest BCUT2D eigenvalue weighted by Gasteiger charge is 2.31. The molecule has 0 heterocycles. The first-order chi connectivity index (χ1) is 9.35. The number of ether oxygens (including phenoxy) is 1. The maximum absolute atomic E-state index is 12.0. The van der Waals surface area contributed by atoms with Crippen molar-refractivity contribution in [2.45, 2.75) is 25.2 Å². The monoisotopic (exact) mass is 324 g/mol. The van der Waals surface area contributed by atoms with Gasteiger partial charge in [0.1, 0.15) is 5.75 Å². The van der Waals surface area contributed by atoms with E-state index in [0.29, 0.717) is 12.5 Å². The van der Waals surface area contributed by atoms with Crippen LogP contribution >= 0.6 is 12.4 Å². The van der Waals surface area contributed by atoms with Gasteiger partial charge in [0.2, 0.25) is 0 Å². The lowest BCUT2D eigenvalue weighted by Gasteiger charge is -2.12. The molecule has 1 aliphatic rings. The molecule has 21 heavy (non-hydrogen) atoms. The second-order valence-electron chi connectivity index (χ2n) is 4.78. The van der Waals surface area contributed by atoms with Gasteiger partial charge in [0.05, 0.1) is 0 Å². The van der Waals surface area contributed by atoms with Crippen LogP contribution in [-0.4, -0.2) is 24.9 Å². The molecule has 118 valence electrons. The Bertz CT molecular complexity index is 475. The van der Waals surface area contributed by atoms with E-state index < -0.39 is 6.36 Å². The van der Waals surface area contributed by atoms with Crippen LogP contribution in [0.25, 0.3) is 0 Å². The molecule has 0 aliphatic heterocycles. The van der Waals surface area contributed by atoms with Gasteiger partial charge in [0.15, 0.2) is 0 Å². The van der Waals surface area contributed by atoms with Gasteiger partial charge in [-0.2, -0.15) is 0 Å². The number of halogens is 4. The van der Waals surface area contributed by atoms with E-state index in [-0.39, 0.29) is 35.7 Å². The Kier molecular flexibility index (Phi) is 5.86. The first-order valence-corrected chi connectivity index (χ1v) is 6.25. The van der Waals surface area contributed by atoms with Crippen LogP contribution in [0.2, 0.25) is 0 Å². The molecular weight excluding hydrogens is 309 g/mol. The van der Waals surface area contributed by atoms with Crippen LogP contribution in [0, 0.1) is 5.92 Å². The van der Waals surface area contributed by atoms with Crippen LogP contribution in [0.5, 0.6) is 5.75 Å². The summed E-state index contributed by atoms with van der Waals surface area (Å²) in [4.78, 5) is 11.8. The Morgan fingerprint density at radius 1 is 1.33 bits per heavy atom. The molecule has 1 aromatic rings. The van der Waals surface area contributed by atoms with Gasteiger partial charge in [0.25, 0.3) is 5.91 Å². The zero-order valence-electron chi connectivity index (χ0n) is 11.0. The summed E-state index contributed by atoms with van der Waals surface area (Å²) >= 11 is 0. The van der Waals surface area contributed by atoms with Gasteiger partial charge in [-0.05, 0) is 43.0 Å². The average Bonchev–Trinajstić information content (AvgIpc) is 3.18. The van der Waals surface area contributed by atoms with Crippen LogP contribution in [0.15, 0.2) is 24.3 Å². The maximum atomic E-state index is 12.0. The number of nitrogens with two attached hydrogens (primary N) is 1. The molecule has 4 nitrogen and oxygen atoms in total. The predicted octanol–water partition coefficient (Wildman–Crippen LogP) is 2.47. The second-order valence-corrected chi connectivity index (χ2v) is 4.78. The minimum Gasteiger partial charge on any atom is -0.406 e. The largest absolute Gasteiger partial charge is 0.573 e. The topological polar surface area (TPSA) is 64.3 Å². The van der Waals surface area contributed by atoms with Crippen molar-refractivity contribution < 1.29 is 22.7 Å². The van der Waals surface area contributed by atoms with Crippen molar-refractivity contribution >= 4 is 18.3 Å². The minimum absolute atomic E-state index is 0. The normalized spacial score (nSPS) is 15.8. The van der Waals surface area contributed by atoms with E-state index in [4.69, 9.17) is 5.73 Å². The highest BCUT2D eigenvalue weighted by molar-refractivity contribution is 5.94. The van der Waals surface area contributed by atoms with Crippen molar-refractivity contribution in [3.8, 4) is 5.75 Å². The van der Waals surface area contributed by atoms with Gasteiger partial charge in [-0.25, -0.2) is 0 Å². The van der Waals surface area contributed by atoms with Gasteiger partial charge < -0.3 is 15.8 Å². The quantitative estimate of drug-likeness (QED) is 0.874. The first-order valence-electron chi connectivity index (χ1n) is 6.25. The first kappa shape index (κ1) is 17.6. The summed E-state index contributed by atoms with van der Waals surface area (Å²) < 4.78 is 39.7. The SMILES string of the molecule is Cl.NC(CNC(=O)c1ccc(OC(F)(F)F)cc1)C1CC1. The van der Waals surface area contributed by atoms with Crippen LogP contribution in [0.3, 0.4) is 0 Å². The predicted molar refractivity (Wildman–Crippen MR) is 73.4 cm³/mol. The third kappa shape index (κ3) is 5.81. The van der Waals surface area contributed by atoms with Gasteiger partial charge in [-0.15, -0.1) is 25.6 Å². The summed E-state index contributed by atoms with van der Waals surface area (Å²) in [5, 5.41) is 2.66. The molecule has 1 aliphatic carbocycles. The molecular formula is C13H16ClF3N2O2. The molecule has 3 N–H and O–H groups in total. The third-order valence-corrected chi connectivity index (χ3v) is 3.08. The molecule has 1 atom stereocenters. The van der Waals surface area contributed by atoms with Gasteiger partial charge >= 0.3 is 6.36 Å². The lowest BCUT2D eigenvalue weighted by Crippen LogP contribution is -2.38. The third-order valence-electron chi connectivity index (χ3n) is 3.08. The molecule has 0 radical (unpaired) electrons. The number of carbonyl (C=O) groups is 1. The molecule has 1 fully saturated rings. The smallest absolute Gasteiger partial charge is 0.406 e. The van der Waals surface area contributed by atoms with Crippen molar-refractivity contribution in [1.29, 1.82) is 0 Å². The van der Waals surface area contributed by atoms with Crippen LogP contribution < -0.4 is 15.8 Å². The van der Waals surface area contributed by atoms with Gasteiger partial charge in [-0.3, -0.25) is 4.79 Å². The van der Waals surface area contributed by atoms with E-state index in [1.54, 1.807) is 0 Å². The average molecular weight is 325 g/mol. The lowest BCUT2D eigenvalue weighted by atomic mass is 10.1. The number of benzene rings is 1. The summed E-state index contributed by atoms with van der Waals surface area (Å²) in [6.45, 7) is 0.365. The zero-order valence-corrected chi connectivity index (χ0v) is 11.8. The summed E-state index contributed by atoms with van der Waals surface area (Å²) in [5.74, 6) is -0.249. The molecule has 1 unspecified atom stereocenters. The van der Waals surface area contributed by atoms with E-state index in [2.05, 4.69) is 10.1 Å². The fourth-order valence-electron chi connectivity index (χ4n) is 1.81. The minimum atomic E-state index is -4.74. The summed E-state index contributed by atoms with van der Waals surface area (Å²) in [5.41, 5.74) is 6.11. The number of nitrogens with one attached hydrogen (secondary N) is 1. The summed E-state index contributed by atoms with van der Waals surface area (Å²) in [6, 6.07) is 4.69. The standard InChI is InChI=1S/C13H15F3N2O2.ClH/c14-13(15,16)20-10-5-3-9(4-6-10)12(19)18-7-11(17)8-1-2-8;/h3-6,8,11H,1-2,7,17H2,(H,18,19);1H. The van der Waals surface area contributed by atoms with Crippen LogP contribution in [0.1, 0.15) is 23.2 Å². The fourth-order valence-corrected chi connectivity index (χ4v) is 1.81. The molecule has 0 aromatic heterocycles. The van der Waals surface area contributed by atoms with Crippen LogP contribution in [0.4, 0.5) is 13.2 Å². The molecule has 0 bridgehead atoms. The van der Waals surface area contributed by atoms with E-state index >= 15 is 0 Å². The number of hydrogen-bond donors (Lipinski definition) is 2. The lowest BCUT2D eigenvalue weighted by molar-refractivity contribution is -0.274. The Morgan fingerprint density at radius 2 is 1.90 bits per heavy atom. The molecule has 1 amide bonds. The number of amides is 1. The van der Waals surface area contributed by atoms with E-state index in [9.17, 15) is 18.0 Å². The van der Waals surface area contributed by atoms with E-state index in [1.165, 1.54) is 12.1 Å². The highest BCUT2D eigenvalue weighted by Crippen LogP contribution is 2.31. The molecule has 1 aromatic carbocycles. The Labute approximate surface area is 126 Å². The van der Waals surface area contributed by atoms with E-state index in [0.717, 1.165) is 25.0 Å². The molecule has 2 rings (SSSR count). The van der Waals surface area contributed by atoms with Crippen molar-refractivity contribution in [1.82, 2.24) is 5.32 Å². The fraction of sp³-hybridized carbons (Fsp3) is 0.462. The Hall–Kier alpha value is -1.47. The molecule has 1 saturated carbocycles. The summed E-state index contributed by atoms with van der Waals surface area (Å²) in [6.07, 6.45) is -2.57. The van der Waals surface area contributed by atoms with E-state index in [1.807, 2.05) is 0 Å². The van der Waals surface area contributed by atoms with Crippen molar-refractivity contribution in [2.75, 3.05) is 6.54 Å². The highest BCUT2D eigenvalue weighted by atomic mass is 35.5. The molecule has 8 heteroatoms. The van der Waals surface area contributed by atoms with Crippen molar-refractivity contribution in [3.05, 3.63) is 29.8 Å². The number of hydrogen-bond acceptors (Lipinski definition) is 3. The molecule has 0 spiro atoms. The van der Waals surface area contributed by atoms with Gasteiger partial charge in [-0.1, -0.05) is 0 Å². The second kappa shape index (κ2) is 7.00. The number of rotatable bonds is 5. The zero-order chi connectivity index (χ0) is 14.8.